The maximum absolute atomic E-state index is 4.92. The summed E-state index contributed by atoms with van der Waals surface area (Å²) < 4.78 is 0. The van der Waals surface area contributed by atoms with E-state index in [9.17, 15) is 0 Å². The van der Waals surface area contributed by atoms with Crippen molar-refractivity contribution in [2.24, 2.45) is 5.90 Å². The highest BCUT2D eigenvalue weighted by Crippen LogP contribution is 2.08. The smallest absolute Gasteiger partial charge is 0.0930 e. The summed E-state index contributed by atoms with van der Waals surface area (Å²) in [6.45, 7) is 4.46. The van der Waals surface area contributed by atoms with E-state index < -0.39 is 0 Å². The summed E-state index contributed by atoms with van der Waals surface area (Å²) in [6.07, 6.45) is 0. The van der Waals surface area contributed by atoms with Gasteiger partial charge in [0.2, 0.25) is 0 Å². The van der Waals surface area contributed by atoms with Crippen LogP contribution in [-0.4, -0.2) is 7.05 Å². The van der Waals surface area contributed by atoms with Gasteiger partial charge in [0.1, 0.15) is 0 Å². The van der Waals surface area contributed by atoms with Gasteiger partial charge in [-0.15, -0.1) is 0 Å². The summed E-state index contributed by atoms with van der Waals surface area (Å²) >= 11 is 0. The van der Waals surface area contributed by atoms with Gasteiger partial charge in [0.05, 0.1) is 6.61 Å². The van der Waals surface area contributed by atoms with Crippen molar-refractivity contribution in [3.8, 4) is 0 Å². The van der Waals surface area contributed by atoms with Gasteiger partial charge in [0.15, 0.2) is 0 Å². The lowest BCUT2D eigenvalue weighted by Gasteiger charge is -2.01. The molecule has 0 aliphatic heterocycles. The summed E-state index contributed by atoms with van der Waals surface area (Å²) in [7, 11) is 1.88. The first-order valence-electron chi connectivity index (χ1n) is 4.45. The molecular weight excluding hydrogens is 164 g/mol. The molecule has 0 atom stereocenters. The third-order valence-electron chi connectivity index (χ3n) is 1.49. The van der Waals surface area contributed by atoms with E-state index in [0.717, 1.165) is 11.3 Å². The van der Waals surface area contributed by atoms with Crippen molar-refractivity contribution in [3.63, 3.8) is 0 Å². The van der Waals surface area contributed by atoms with Gasteiger partial charge in [0, 0.05) is 12.7 Å². The molecule has 0 saturated carbocycles. The van der Waals surface area contributed by atoms with Crippen molar-refractivity contribution in [3.05, 3.63) is 29.8 Å². The first-order valence-corrected chi connectivity index (χ1v) is 4.45. The average Bonchev–Trinajstić information content (AvgIpc) is 2.23. The van der Waals surface area contributed by atoms with Crippen LogP contribution in [0.1, 0.15) is 19.4 Å². The molecule has 0 radical (unpaired) electrons. The molecule has 0 amide bonds. The SMILES string of the molecule is CC.CNc1ccc(CON)cc1. The van der Waals surface area contributed by atoms with Crippen molar-refractivity contribution in [2.75, 3.05) is 12.4 Å². The zero-order valence-electron chi connectivity index (χ0n) is 8.50. The largest absolute Gasteiger partial charge is 0.388 e. The van der Waals surface area contributed by atoms with Gasteiger partial charge in [-0.25, -0.2) is 5.90 Å². The number of benzene rings is 1. The number of nitrogens with one attached hydrogen (secondary N) is 1. The van der Waals surface area contributed by atoms with E-state index in [1.165, 1.54) is 0 Å². The van der Waals surface area contributed by atoms with Crippen LogP contribution in [0.15, 0.2) is 24.3 Å². The standard InChI is InChI=1S/C8H12N2O.C2H6/c1-10-8-4-2-7(3-5-8)6-11-9;1-2/h2-5,10H,6,9H2,1H3;1-2H3. The molecule has 3 heteroatoms. The van der Waals surface area contributed by atoms with Crippen molar-refractivity contribution < 1.29 is 4.84 Å². The number of rotatable bonds is 3. The van der Waals surface area contributed by atoms with E-state index in [2.05, 4.69) is 10.2 Å². The Kier molecular flexibility index (Phi) is 6.96. The van der Waals surface area contributed by atoms with E-state index in [1.807, 2.05) is 45.2 Å². The van der Waals surface area contributed by atoms with E-state index >= 15 is 0 Å². The zero-order chi connectivity index (χ0) is 10.1. The third-order valence-corrected chi connectivity index (χ3v) is 1.49. The normalized spacial score (nSPS) is 8.62. The molecule has 74 valence electrons. The second-order valence-corrected chi connectivity index (χ2v) is 2.26. The Morgan fingerprint density at radius 1 is 1.23 bits per heavy atom. The molecule has 0 saturated heterocycles. The van der Waals surface area contributed by atoms with Gasteiger partial charge < -0.3 is 5.32 Å². The van der Waals surface area contributed by atoms with Crippen LogP contribution in [0.3, 0.4) is 0 Å². The van der Waals surface area contributed by atoms with Crippen LogP contribution in [0, 0.1) is 0 Å². The minimum absolute atomic E-state index is 0.462. The van der Waals surface area contributed by atoms with E-state index in [1.54, 1.807) is 0 Å². The molecule has 0 fully saturated rings. The molecular formula is C10H18N2O. The molecule has 3 nitrogen and oxygen atoms in total. The Bertz CT molecular complexity index is 209. The van der Waals surface area contributed by atoms with Crippen LogP contribution in [0.2, 0.25) is 0 Å². The molecule has 1 rings (SSSR count). The van der Waals surface area contributed by atoms with Crippen LogP contribution in [0.5, 0.6) is 0 Å². The predicted molar refractivity (Wildman–Crippen MR) is 56.3 cm³/mol. The fourth-order valence-corrected chi connectivity index (χ4v) is 0.864. The Hall–Kier alpha value is -1.06. The van der Waals surface area contributed by atoms with Gasteiger partial charge >= 0.3 is 0 Å². The minimum atomic E-state index is 0.462. The maximum Gasteiger partial charge on any atom is 0.0930 e. The van der Waals surface area contributed by atoms with Gasteiger partial charge in [-0.2, -0.15) is 0 Å². The van der Waals surface area contributed by atoms with Crippen LogP contribution in [0.25, 0.3) is 0 Å². The lowest BCUT2D eigenvalue weighted by molar-refractivity contribution is 0.124. The van der Waals surface area contributed by atoms with Crippen molar-refractivity contribution in [2.45, 2.75) is 20.5 Å². The van der Waals surface area contributed by atoms with Crippen molar-refractivity contribution in [1.29, 1.82) is 0 Å². The van der Waals surface area contributed by atoms with Gasteiger partial charge in [-0.1, -0.05) is 26.0 Å². The van der Waals surface area contributed by atoms with Crippen LogP contribution in [0.4, 0.5) is 5.69 Å². The topological polar surface area (TPSA) is 47.3 Å². The minimum Gasteiger partial charge on any atom is -0.388 e. The Balaban J connectivity index is 0.000000671. The highest BCUT2D eigenvalue weighted by atomic mass is 16.6. The second-order valence-electron chi connectivity index (χ2n) is 2.26. The molecule has 0 unspecified atom stereocenters. The molecule has 0 aliphatic carbocycles. The molecule has 0 aromatic heterocycles. The molecule has 1 aromatic rings. The summed E-state index contributed by atoms with van der Waals surface area (Å²) in [4.78, 5) is 4.48. The number of hydrogen-bond acceptors (Lipinski definition) is 3. The van der Waals surface area contributed by atoms with E-state index in [-0.39, 0.29) is 0 Å². The number of anilines is 1. The quantitative estimate of drug-likeness (QED) is 0.704. The number of hydrogen-bond donors (Lipinski definition) is 2. The Morgan fingerprint density at radius 2 is 1.77 bits per heavy atom. The lowest BCUT2D eigenvalue weighted by Crippen LogP contribution is -1.98. The molecule has 0 bridgehead atoms. The predicted octanol–water partition coefficient (Wildman–Crippen LogP) is 2.14. The molecule has 13 heavy (non-hydrogen) atoms. The van der Waals surface area contributed by atoms with Crippen molar-refractivity contribution in [1.82, 2.24) is 0 Å². The molecule has 1 aromatic carbocycles. The van der Waals surface area contributed by atoms with Crippen LogP contribution >= 0.6 is 0 Å². The maximum atomic E-state index is 4.92. The first kappa shape index (κ1) is 11.9. The second kappa shape index (κ2) is 7.58. The molecule has 0 aliphatic rings. The lowest BCUT2D eigenvalue weighted by atomic mass is 10.2. The monoisotopic (exact) mass is 182 g/mol. The van der Waals surface area contributed by atoms with Gasteiger partial charge in [-0.3, -0.25) is 4.84 Å². The summed E-state index contributed by atoms with van der Waals surface area (Å²) in [5, 5.41) is 3.02. The molecule has 3 N–H and O–H groups in total. The summed E-state index contributed by atoms with van der Waals surface area (Å²) in [5.41, 5.74) is 2.16. The van der Waals surface area contributed by atoms with Crippen LogP contribution < -0.4 is 11.2 Å². The number of nitrogens with two attached hydrogens (primary N) is 1. The highest BCUT2D eigenvalue weighted by molar-refractivity contribution is 5.43. The fourth-order valence-electron chi connectivity index (χ4n) is 0.864. The third kappa shape index (κ3) is 4.50. The summed E-state index contributed by atoms with van der Waals surface area (Å²) in [5.74, 6) is 4.92. The van der Waals surface area contributed by atoms with Gasteiger partial charge in [0.25, 0.3) is 0 Å². The molecule has 0 spiro atoms. The molecule has 0 heterocycles. The van der Waals surface area contributed by atoms with Crippen molar-refractivity contribution >= 4 is 5.69 Å². The van der Waals surface area contributed by atoms with E-state index in [0.29, 0.717) is 6.61 Å². The highest BCUT2D eigenvalue weighted by Gasteiger charge is 1.90. The van der Waals surface area contributed by atoms with Crippen LogP contribution in [-0.2, 0) is 11.4 Å². The Morgan fingerprint density at radius 3 is 2.15 bits per heavy atom. The summed E-state index contributed by atoms with van der Waals surface area (Å²) in [6, 6.07) is 7.90. The Labute approximate surface area is 79.9 Å². The van der Waals surface area contributed by atoms with E-state index in [4.69, 9.17) is 5.90 Å². The first-order chi connectivity index (χ1) is 6.36. The zero-order valence-corrected chi connectivity index (χ0v) is 8.50. The van der Waals surface area contributed by atoms with Gasteiger partial charge in [-0.05, 0) is 17.7 Å². The fraction of sp³-hybridized carbons (Fsp3) is 0.400. The average molecular weight is 182 g/mol.